The number of methoxy groups -OCH3 is 1. The second-order valence-electron chi connectivity index (χ2n) is 7.43. The van der Waals surface area contributed by atoms with E-state index in [0.29, 0.717) is 24.3 Å². The summed E-state index contributed by atoms with van der Waals surface area (Å²) in [6.07, 6.45) is 0.713. The predicted molar refractivity (Wildman–Crippen MR) is 119 cm³/mol. The minimum absolute atomic E-state index is 0.109. The van der Waals surface area contributed by atoms with Crippen LogP contribution in [0, 0.1) is 0 Å². The van der Waals surface area contributed by atoms with Crippen LogP contribution in [0.25, 0.3) is 5.76 Å². The van der Waals surface area contributed by atoms with Crippen LogP contribution in [0.15, 0.2) is 58.6 Å². The molecule has 0 radical (unpaired) electrons. The van der Waals surface area contributed by atoms with E-state index < -0.39 is 17.7 Å². The zero-order valence-corrected chi connectivity index (χ0v) is 18.8. The first-order valence-corrected chi connectivity index (χ1v) is 10.5. The number of aliphatic hydroxyl groups is 1. The molecular formula is C23H25BrN2O4. The summed E-state index contributed by atoms with van der Waals surface area (Å²) in [6, 6.07) is 13.6. The maximum atomic E-state index is 12.9. The van der Waals surface area contributed by atoms with E-state index in [2.05, 4.69) is 15.9 Å². The van der Waals surface area contributed by atoms with Gasteiger partial charge in [-0.2, -0.15) is 0 Å². The van der Waals surface area contributed by atoms with Gasteiger partial charge < -0.3 is 19.6 Å². The van der Waals surface area contributed by atoms with Crippen molar-refractivity contribution >= 4 is 33.4 Å². The predicted octanol–water partition coefficient (Wildman–Crippen LogP) is 3.83. The summed E-state index contributed by atoms with van der Waals surface area (Å²) in [4.78, 5) is 29.4. The van der Waals surface area contributed by atoms with E-state index in [0.717, 1.165) is 16.6 Å². The molecule has 1 unspecified atom stereocenters. The molecule has 1 N–H and O–H groups in total. The van der Waals surface area contributed by atoms with Crippen LogP contribution in [0.3, 0.4) is 0 Å². The molecule has 158 valence electrons. The highest BCUT2D eigenvalue weighted by Gasteiger charge is 2.45. The maximum absolute atomic E-state index is 12.9. The Morgan fingerprint density at radius 3 is 2.30 bits per heavy atom. The van der Waals surface area contributed by atoms with Crippen LogP contribution < -0.4 is 4.74 Å². The standard InChI is InChI=1S/C23H25BrN2O4/c1-25(2)13-4-14-26-20(15-7-11-18(30-3)12-8-15)19(22(28)23(26)29)21(27)16-5-9-17(24)10-6-16/h5-12,20,27H,4,13-14H2,1-3H3/b21-19+. The topological polar surface area (TPSA) is 70.1 Å². The van der Waals surface area contributed by atoms with Gasteiger partial charge >= 0.3 is 0 Å². The summed E-state index contributed by atoms with van der Waals surface area (Å²) in [5, 5.41) is 11.0. The molecule has 0 aromatic heterocycles. The summed E-state index contributed by atoms with van der Waals surface area (Å²) in [7, 11) is 5.50. The molecule has 2 aromatic carbocycles. The number of Topliss-reactive ketones (excluding diaryl/α,β-unsaturated/α-hetero) is 1. The highest BCUT2D eigenvalue weighted by atomic mass is 79.9. The van der Waals surface area contributed by atoms with Crippen molar-refractivity contribution in [3.05, 3.63) is 69.7 Å². The molecule has 1 fully saturated rings. The number of amides is 1. The van der Waals surface area contributed by atoms with Crippen molar-refractivity contribution in [2.24, 2.45) is 0 Å². The normalized spacial score (nSPS) is 18.3. The number of aliphatic hydroxyl groups excluding tert-OH is 1. The molecule has 1 aliphatic rings. The lowest BCUT2D eigenvalue weighted by Crippen LogP contribution is -2.32. The summed E-state index contributed by atoms with van der Waals surface area (Å²) in [5.74, 6) is -0.748. The number of hydrogen-bond donors (Lipinski definition) is 1. The number of ether oxygens (including phenoxy) is 1. The van der Waals surface area contributed by atoms with E-state index in [1.54, 1.807) is 48.4 Å². The number of halogens is 1. The number of nitrogens with zero attached hydrogens (tertiary/aromatic N) is 2. The fourth-order valence-corrected chi connectivity index (χ4v) is 3.83. The Balaban J connectivity index is 2.07. The Labute approximate surface area is 184 Å². The number of benzene rings is 2. The lowest BCUT2D eigenvalue weighted by atomic mass is 9.95. The summed E-state index contributed by atoms with van der Waals surface area (Å²) in [6.45, 7) is 1.20. The third kappa shape index (κ3) is 4.57. The van der Waals surface area contributed by atoms with E-state index in [4.69, 9.17) is 4.74 Å². The van der Waals surface area contributed by atoms with Gasteiger partial charge in [-0.15, -0.1) is 0 Å². The van der Waals surface area contributed by atoms with Crippen molar-refractivity contribution in [1.82, 2.24) is 9.80 Å². The van der Waals surface area contributed by atoms with Crippen LogP contribution in [-0.2, 0) is 9.59 Å². The number of carbonyl (C=O) groups excluding carboxylic acids is 2. The monoisotopic (exact) mass is 472 g/mol. The molecule has 1 saturated heterocycles. The number of ketones is 1. The van der Waals surface area contributed by atoms with E-state index in [1.807, 2.05) is 31.1 Å². The summed E-state index contributed by atoms with van der Waals surface area (Å²) >= 11 is 3.37. The van der Waals surface area contributed by atoms with E-state index >= 15 is 0 Å². The zero-order chi connectivity index (χ0) is 21.8. The van der Waals surface area contributed by atoms with Crippen molar-refractivity contribution < 1.29 is 19.4 Å². The zero-order valence-electron chi connectivity index (χ0n) is 17.3. The van der Waals surface area contributed by atoms with Crippen molar-refractivity contribution in [2.75, 3.05) is 34.3 Å². The number of likely N-dealkylation sites (tertiary alicyclic amines) is 1. The highest BCUT2D eigenvalue weighted by molar-refractivity contribution is 9.10. The molecule has 30 heavy (non-hydrogen) atoms. The number of carbonyl (C=O) groups is 2. The van der Waals surface area contributed by atoms with Gasteiger partial charge in [0.05, 0.1) is 18.7 Å². The van der Waals surface area contributed by atoms with Crippen molar-refractivity contribution in [1.29, 1.82) is 0 Å². The van der Waals surface area contributed by atoms with Gasteiger partial charge in [-0.25, -0.2) is 0 Å². The molecule has 0 spiro atoms. The number of rotatable bonds is 7. The average Bonchev–Trinajstić information content (AvgIpc) is 2.98. The van der Waals surface area contributed by atoms with Crippen molar-refractivity contribution in [3.8, 4) is 5.75 Å². The highest BCUT2D eigenvalue weighted by Crippen LogP contribution is 2.40. The van der Waals surface area contributed by atoms with Crippen LogP contribution in [-0.4, -0.2) is 60.9 Å². The van der Waals surface area contributed by atoms with Crippen LogP contribution in [0.1, 0.15) is 23.6 Å². The minimum Gasteiger partial charge on any atom is -0.507 e. The smallest absolute Gasteiger partial charge is 0.295 e. The third-order valence-corrected chi connectivity index (χ3v) is 5.62. The molecule has 7 heteroatoms. The molecule has 6 nitrogen and oxygen atoms in total. The van der Waals surface area contributed by atoms with E-state index in [9.17, 15) is 14.7 Å². The van der Waals surface area contributed by atoms with Gasteiger partial charge in [-0.1, -0.05) is 40.2 Å². The van der Waals surface area contributed by atoms with Gasteiger partial charge in [-0.05, 0) is 56.9 Å². The number of hydrogen-bond acceptors (Lipinski definition) is 5. The van der Waals surface area contributed by atoms with Gasteiger partial charge in [0.15, 0.2) is 0 Å². The van der Waals surface area contributed by atoms with Gasteiger partial charge in [0.1, 0.15) is 11.5 Å². The fourth-order valence-electron chi connectivity index (χ4n) is 3.56. The van der Waals surface area contributed by atoms with Crippen molar-refractivity contribution in [3.63, 3.8) is 0 Å². The lowest BCUT2D eigenvalue weighted by molar-refractivity contribution is -0.139. The van der Waals surface area contributed by atoms with Crippen molar-refractivity contribution in [2.45, 2.75) is 12.5 Å². The van der Waals surface area contributed by atoms with Gasteiger partial charge in [0.25, 0.3) is 11.7 Å². The first-order valence-electron chi connectivity index (χ1n) is 9.66. The minimum atomic E-state index is -0.666. The van der Waals surface area contributed by atoms with Crippen LogP contribution >= 0.6 is 15.9 Å². The quantitative estimate of drug-likeness (QED) is 0.376. The van der Waals surface area contributed by atoms with E-state index in [-0.39, 0.29) is 11.3 Å². The second kappa shape index (κ2) is 9.45. The molecule has 0 bridgehead atoms. The second-order valence-corrected chi connectivity index (χ2v) is 8.35. The molecular weight excluding hydrogens is 448 g/mol. The Kier molecular flexibility index (Phi) is 6.95. The molecule has 1 atom stereocenters. The fraction of sp³-hybridized carbons (Fsp3) is 0.304. The maximum Gasteiger partial charge on any atom is 0.295 e. The molecule has 1 amide bonds. The molecule has 1 heterocycles. The largest absolute Gasteiger partial charge is 0.507 e. The van der Waals surface area contributed by atoms with Crippen LogP contribution in [0.5, 0.6) is 5.75 Å². The Morgan fingerprint density at radius 2 is 1.73 bits per heavy atom. The first kappa shape index (κ1) is 22.1. The molecule has 2 aromatic rings. The first-order chi connectivity index (χ1) is 14.3. The third-order valence-electron chi connectivity index (χ3n) is 5.09. The SMILES string of the molecule is COc1ccc(C2/C(=C(\O)c3ccc(Br)cc3)C(=O)C(=O)N2CCCN(C)C)cc1. The average molecular weight is 473 g/mol. The van der Waals surface area contributed by atoms with Crippen LogP contribution in [0.4, 0.5) is 0 Å². The molecule has 0 saturated carbocycles. The molecule has 1 aliphatic heterocycles. The summed E-state index contributed by atoms with van der Waals surface area (Å²) in [5.41, 5.74) is 1.35. The lowest BCUT2D eigenvalue weighted by Gasteiger charge is -2.26. The summed E-state index contributed by atoms with van der Waals surface area (Å²) < 4.78 is 6.08. The van der Waals surface area contributed by atoms with Gasteiger partial charge in [0, 0.05) is 16.6 Å². The Morgan fingerprint density at radius 1 is 1.10 bits per heavy atom. The van der Waals surface area contributed by atoms with Gasteiger partial charge in [-0.3, -0.25) is 9.59 Å². The Hall–Kier alpha value is -2.64. The molecule has 3 rings (SSSR count). The van der Waals surface area contributed by atoms with Crippen LogP contribution in [0.2, 0.25) is 0 Å². The van der Waals surface area contributed by atoms with E-state index in [1.165, 1.54) is 0 Å². The van der Waals surface area contributed by atoms with Gasteiger partial charge in [0.2, 0.25) is 0 Å². The molecule has 0 aliphatic carbocycles. The Bertz CT molecular complexity index is 952.